The van der Waals surface area contributed by atoms with Gasteiger partial charge >= 0.3 is 0 Å². The second-order valence-electron chi connectivity index (χ2n) is 9.62. The van der Waals surface area contributed by atoms with E-state index in [1.165, 1.54) is 67.5 Å². The largest absolute Gasteiger partial charge is 0.478 e. The van der Waals surface area contributed by atoms with Gasteiger partial charge in [0.25, 0.3) is 0 Å². The van der Waals surface area contributed by atoms with Crippen molar-refractivity contribution in [1.29, 1.82) is 0 Å². The van der Waals surface area contributed by atoms with Crippen molar-refractivity contribution in [1.82, 2.24) is 0 Å². The van der Waals surface area contributed by atoms with Crippen molar-refractivity contribution in [3.63, 3.8) is 0 Å². The summed E-state index contributed by atoms with van der Waals surface area (Å²) in [6, 6.07) is 32.8. The quantitative estimate of drug-likeness (QED) is 0.251. The van der Waals surface area contributed by atoms with E-state index in [9.17, 15) is 0 Å². The van der Waals surface area contributed by atoms with E-state index >= 15 is 0 Å². The molecule has 6 rings (SSSR count). The number of hydrogen-bond acceptors (Lipinski definition) is 2. The molecular formula is C31H36FeNOP. The molecule has 2 saturated carbocycles. The Morgan fingerprint density at radius 1 is 0.629 bits per heavy atom. The van der Waals surface area contributed by atoms with Gasteiger partial charge in [0.2, 0.25) is 0 Å². The van der Waals surface area contributed by atoms with Crippen LogP contribution in [0, 0.1) is 5.92 Å². The maximum Gasteiger partial charge on any atom is 0.187 e. The Labute approximate surface area is 222 Å². The standard InChI is InChI=1S/C26H26NOP.C5H10.Fe/c1-4-11-20(12-5-1)24-19-28-26(27-24)23-17-10-18-25(23)29(21-13-6-2-7-14-21)22-15-8-3-9-16-22;1-2-4-5-3-1;/h1-9,11-16,23-25H,10,17-19H2;1-5H2;/t23?,24-,25?;;/m1../s1. The van der Waals surface area contributed by atoms with Gasteiger partial charge in [-0.2, -0.15) is 0 Å². The van der Waals surface area contributed by atoms with Gasteiger partial charge in [-0.15, -0.1) is 0 Å². The molecule has 35 heavy (non-hydrogen) atoms. The van der Waals surface area contributed by atoms with Crippen molar-refractivity contribution >= 4 is 24.4 Å². The molecule has 2 nitrogen and oxygen atoms in total. The number of ether oxygens (including phenoxy) is 1. The van der Waals surface area contributed by atoms with Crippen LogP contribution < -0.4 is 10.6 Å². The van der Waals surface area contributed by atoms with E-state index in [1.807, 2.05) is 0 Å². The molecule has 3 atom stereocenters. The van der Waals surface area contributed by atoms with Crippen molar-refractivity contribution in [2.24, 2.45) is 10.9 Å². The van der Waals surface area contributed by atoms with Crippen LogP contribution in [0.2, 0.25) is 0 Å². The Hall–Kier alpha value is -1.92. The number of nitrogens with zero attached hydrogens (tertiary/aromatic N) is 1. The van der Waals surface area contributed by atoms with E-state index < -0.39 is 7.92 Å². The van der Waals surface area contributed by atoms with Crippen LogP contribution in [0.25, 0.3) is 0 Å². The first kappa shape index (κ1) is 26.2. The minimum absolute atomic E-state index is 0. The van der Waals surface area contributed by atoms with Crippen LogP contribution in [0.15, 0.2) is 96.0 Å². The molecular weight excluding hydrogens is 489 g/mol. The average Bonchev–Trinajstić information content (AvgIpc) is 3.70. The van der Waals surface area contributed by atoms with Crippen LogP contribution in [0.1, 0.15) is 63.0 Å². The molecule has 3 aliphatic rings. The zero-order valence-electron chi connectivity index (χ0n) is 20.4. The van der Waals surface area contributed by atoms with Gasteiger partial charge < -0.3 is 4.74 Å². The predicted molar refractivity (Wildman–Crippen MR) is 146 cm³/mol. The molecule has 0 amide bonds. The van der Waals surface area contributed by atoms with Crippen LogP contribution in [0.5, 0.6) is 0 Å². The molecule has 3 aromatic carbocycles. The number of hydrogen-bond donors (Lipinski definition) is 0. The van der Waals surface area contributed by atoms with Crippen LogP contribution >= 0.6 is 7.92 Å². The molecule has 2 unspecified atom stereocenters. The fraction of sp³-hybridized carbons (Fsp3) is 0.387. The van der Waals surface area contributed by atoms with Gasteiger partial charge in [0.15, 0.2) is 5.90 Å². The zero-order valence-corrected chi connectivity index (χ0v) is 22.4. The minimum Gasteiger partial charge on any atom is -0.478 e. The third-order valence-electron chi connectivity index (χ3n) is 7.30. The molecule has 1 heterocycles. The van der Waals surface area contributed by atoms with Crippen molar-refractivity contribution in [2.75, 3.05) is 6.61 Å². The van der Waals surface area contributed by atoms with Gasteiger partial charge in [-0.1, -0.05) is 130 Å². The first-order valence-corrected chi connectivity index (χ1v) is 14.5. The zero-order chi connectivity index (χ0) is 23.0. The molecule has 0 radical (unpaired) electrons. The van der Waals surface area contributed by atoms with Crippen molar-refractivity contribution in [3.05, 3.63) is 96.6 Å². The molecule has 0 N–H and O–H groups in total. The third-order valence-corrected chi connectivity index (χ3v) is 10.3. The molecule has 1 aliphatic heterocycles. The number of benzene rings is 3. The minimum atomic E-state index is -0.437. The average molecular weight is 525 g/mol. The summed E-state index contributed by atoms with van der Waals surface area (Å²) in [5.74, 6) is 1.43. The SMILES string of the molecule is C1CCCC1.[Fe].c1ccc([C@H]2COC(C3CCCC3P(c3ccccc3)c3ccccc3)=N2)cc1. The van der Waals surface area contributed by atoms with Gasteiger partial charge in [-0.05, 0) is 42.6 Å². The van der Waals surface area contributed by atoms with E-state index in [-0.39, 0.29) is 23.1 Å². The fourth-order valence-electron chi connectivity index (χ4n) is 5.57. The summed E-state index contributed by atoms with van der Waals surface area (Å²) in [4.78, 5) is 5.07. The number of aliphatic imine (C=N–C) groups is 1. The Morgan fingerprint density at radius 3 is 1.69 bits per heavy atom. The van der Waals surface area contributed by atoms with Crippen molar-refractivity contribution < 1.29 is 21.8 Å². The Bertz CT molecular complexity index is 992. The van der Waals surface area contributed by atoms with Gasteiger partial charge in [0.1, 0.15) is 12.6 Å². The van der Waals surface area contributed by atoms with E-state index in [4.69, 9.17) is 9.73 Å². The molecule has 0 bridgehead atoms. The van der Waals surface area contributed by atoms with Gasteiger partial charge in [-0.25, -0.2) is 4.99 Å². The van der Waals surface area contributed by atoms with Crippen molar-refractivity contribution in [3.8, 4) is 0 Å². The van der Waals surface area contributed by atoms with E-state index in [1.54, 1.807) is 0 Å². The van der Waals surface area contributed by atoms with Crippen LogP contribution in [-0.2, 0) is 21.8 Å². The fourth-order valence-corrected chi connectivity index (χ4v) is 8.70. The molecule has 4 heteroatoms. The van der Waals surface area contributed by atoms with Crippen LogP contribution in [0.3, 0.4) is 0 Å². The normalized spacial score (nSPS) is 23.1. The van der Waals surface area contributed by atoms with Crippen molar-refractivity contribution in [2.45, 2.75) is 63.1 Å². The molecule has 0 spiro atoms. The van der Waals surface area contributed by atoms with Crippen LogP contribution in [-0.4, -0.2) is 18.2 Å². The van der Waals surface area contributed by atoms with E-state index in [0.29, 0.717) is 18.2 Å². The molecule has 3 aromatic rings. The second kappa shape index (κ2) is 13.4. The maximum absolute atomic E-state index is 6.22. The molecule has 184 valence electrons. The van der Waals surface area contributed by atoms with E-state index in [2.05, 4.69) is 91.0 Å². The Kier molecular flexibility index (Phi) is 10.0. The summed E-state index contributed by atoms with van der Waals surface area (Å²) in [6.45, 7) is 0.678. The summed E-state index contributed by atoms with van der Waals surface area (Å²) >= 11 is 0. The molecule has 0 saturated heterocycles. The summed E-state index contributed by atoms with van der Waals surface area (Å²) in [5.41, 5.74) is 1.84. The summed E-state index contributed by atoms with van der Waals surface area (Å²) in [7, 11) is -0.437. The topological polar surface area (TPSA) is 21.6 Å². The smallest absolute Gasteiger partial charge is 0.187 e. The molecule has 2 aliphatic carbocycles. The molecule has 0 aromatic heterocycles. The first-order chi connectivity index (χ1) is 16.9. The van der Waals surface area contributed by atoms with E-state index in [0.717, 1.165) is 5.90 Å². The van der Waals surface area contributed by atoms with Gasteiger partial charge in [0, 0.05) is 23.0 Å². The summed E-state index contributed by atoms with van der Waals surface area (Å²) < 4.78 is 6.22. The first-order valence-electron chi connectivity index (χ1n) is 13.0. The predicted octanol–water partition coefficient (Wildman–Crippen LogP) is 7.41. The maximum atomic E-state index is 6.22. The Balaban J connectivity index is 0.000000431. The Morgan fingerprint density at radius 2 is 1.14 bits per heavy atom. The van der Waals surface area contributed by atoms with Gasteiger partial charge in [0.05, 0.1) is 0 Å². The monoisotopic (exact) mass is 525 g/mol. The van der Waals surface area contributed by atoms with Gasteiger partial charge in [-0.3, -0.25) is 0 Å². The summed E-state index contributed by atoms with van der Waals surface area (Å²) in [5, 5.41) is 2.92. The third kappa shape index (κ3) is 6.65. The summed E-state index contributed by atoms with van der Waals surface area (Å²) in [6.07, 6.45) is 11.2. The number of rotatable bonds is 5. The van der Waals surface area contributed by atoms with Crippen LogP contribution in [0.4, 0.5) is 0 Å². The second-order valence-corrected chi connectivity index (χ2v) is 12.1. The molecule has 2 fully saturated rings.